The smallest absolute Gasteiger partial charge is 0.328 e. The summed E-state index contributed by atoms with van der Waals surface area (Å²) in [5.41, 5.74) is 2.79. The van der Waals surface area contributed by atoms with Gasteiger partial charge in [0, 0.05) is 49.7 Å². The number of anilines is 3. The molecule has 0 spiro atoms. The summed E-state index contributed by atoms with van der Waals surface area (Å²) < 4.78 is 7.18. The van der Waals surface area contributed by atoms with Gasteiger partial charge in [-0.15, -0.1) is 12.4 Å². The van der Waals surface area contributed by atoms with Crippen LogP contribution in [0.25, 0.3) is 5.65 Å². The van der Waals surface area contributed by atoms with Gasteiger partial charge in [0.15, 0.2) is 5.82 Å². The highest BCUT2D eigenvalue weighted by atomic mass is 35.5. The standard InChI is InChI=1S/C21H27N9O2.ClH/c1-4-32-20-19-24-14(3)27-30(19)12-17(25-20)26-21(31)29-9-6-15-16(5-7-23-18(15)29)28-10-8-22-13(2)11-28;/h5,7,12-13,22H,4,6,8-11H2,1-3H3,(H,26,31);1H/t13-;/m0./s1. The molecule has 0 aliphatic carbocycles. The molecule has 33 heavy (non-hydrogen) atoms. The number of pyridine rings is 1. The number of nitrogens with one attached hydrogen (secondary N) is 2. The third kappa shape index (κ3) is 4.38. The van der Waals surface area contributed by atoms with E-state index in [4.69, 9.17) is 4.74 Å². The monoisotopic (exact) mass is 473 g/mol. The summed E-state index contributed by atoms with van der Waals surface area (Å²) in [6.07, 6.45) is 4.18. The minimum Gasteiger partial charge on any atom is -0.475 e. The summed E-state index contributed by atoms with van der Waals surface area (Å²) in [5, 5.41) is 10.7. The van der Waals surface area contributed by atoms with Crippen LogP contribution in [0, 0.1) is 6.92 Å². The molecule has 2 aliphatic rings. The first kappa shape index (κ1) is 23.0. The maximum absolute atomic E-state index is 13.2. The van der Waals surface area contributed by atoms with Crippen LogP contribution in [0.4, 0.5) is 22.1 Å². The van der Waals surface area contributed by atoms with Crippen LogP contribution >= 0.6 is 12.4 Å². The van der Waals surface area contributed by atoms with E-state index in [1.165, 1.54) is 0 Å². The van der Waals surface area contributed by atoms with Crippen molar-refractivity contribution in [3.8, 4) is 5.88 Å². The second-order valence-corrected chi connectivity index (χ2v) is 8.06. The summed E-state index contributed by atoms with van der Waals surface area (Å²) in [4.78, 5) is 30.5. The molecule has 5 rings (SSSR count). The zero-order chi connectivity index (χ0) is 22.2. The average molecular weight is 474 g/mol. The zero-order valence-electron chi connectivity index (χ0n) is 18.9. The van der Waals surface area contributed by atoms with Crippen molar-refractivity contribution in [2.75, 3.05) is 47.9 Å². The van der Waals surface area contributed by atoms with Gasteiger partial charge in [-0.3, -0.25) is 10.2 Å². The molecular weight excluding hydrogens is 446 g/mol. The number of aryl methyl sites for hydroxylation is 1. The van der Waals surface area contributed by atoms with Crippen LogP contribution in [0.5, 0.6) is 5.88 Å². The van der Waals surface area contributed by atoms with Gasteiger partial charge in [0.1, 0.15) is 11.6 Å². The average Bonchev–Trinajstić information content (AvgIpc) is 3.37. The van der Waals surface area contributed by atoms with Gasteiger partial charge in [0.05, 0.1) is 12.8 Å². The van der Waals surface area contributed by atoms with Gasteiger partial charge in [-0.1, -0.05) is 0 Å². The van der Waals surface area contributed by atoms with Gasteiger partial charge >= 0.3 is 6.03 Å². The van der Waals surface area contributed by atoms with E-state index in [1.54, 1.807) is 28.7 Å². The summed E-state index contributed by atoms with van der Waals surface area (Å²) >= 11 is 0. The highest BCUT2D eigenvalue weighted by Gasteiger charge is 2.31. The topological polar surface area (TPSA) is 113 Å². The van der Waals surface area contributed by atoms with Gasteiger partial charge in [0.25, 0.3) is 5.88 Å². The number of ether oxygens (including phenoxy) is 1. The quantitative estimate of drug-likeness (QED) is 0.592. The maximum atomic E-state index is 13.2. The third-order valence-electron chi connectivity index (χ3n) is 5.72. The van der Waals surface area contributed by atoms with Crippen molar-refractivity contribution in [2.45, 2.75) is 33.2 Å². The molecule has 5 heterocycles. The Morgan fingerprint density at radius 3 is 2.97 bits per heavy atom. The van der Waals surface area contributed by atoms with Crippen LogP contribution in [0.1, 0.15) is 25.2 Å². The molecule has 0 bridgehead atoms. The second-order valence-electron chi connectivity index (χ2n) is 8.06. The Bertz CT molecular complexity index is 1170. The Kier molecular flexibility index (Phi) is 6.52. The first-order valence-electron chi connectivity index (χ1n) is 10.9. The van der Waals surface area contributed by atoms with E-state index in [-0.39, 0.29) is 18.4 Å². The summed E-state index contributed by atoms with van der Waals surface area (Å²) in [7, 11) is 0. The number of halogens is 1. The number of rotatable bonds is 4. The molecule has 2 aliphatic heterocycles. The van der Waals surface area contributed by atoms with Crippen molar-refractivity contribution in [1.82, 2.24) is 29.9 Å². The second kappa shape index (κ2) is 9.36. The number of urea groups is 1. The summed E-state index contributed by atoms with van der Waals surface area (Å²) in [6, 6.07) is 2.19. The van der Waals surface area contributed by atoms with E-state index in [9.17, 15) is 4.79 Å². The molecule has 1 saturated heterocycles. The van der Waals surface area contributed by atoms with E-state index in [2.05, 4.69) is 48.6 Å². The molecule has 1 atom stereocenters. The van der Waals surface area contributed by atoms with Crippen molar-refractivity contribution in [1.29, 1.82) is 0 Å². The van der Waals surface area contributed by atoms with Crippen LogP contribution in [0.2, 0.25) is 0 Å². The third-order valence-corrected chi connectivity index (χ3v) is 5.72. The van der Waals surface area contributed by atoms with Gasteiger partial charge in [0.2, 0.25) is 5.65 Å². The van der Waals surface area contributed by atoms with Crippen molar-refractivity contribution in [3.05, 3.63) is 29.8 Å². The SMILES string of the molecule is CCOc1nc(NC(=O)N2CCc3c(N4CCN[C@@H](C)C4)ccnc32)cn2nc(C)nc12.Cl. The fourth-order valence-corrected chi connectivity index (χ4v) is 4.36. The number of carbonyl (C=O) groups is 1. The summed E-state index contributed by atoms with van der Waals surface area (Å²) in [5.74, 6) is 1.98. The van der Waals surface area contributed by atoms with Gasteiger partial charge in [-0.05, 0) is 33.3 Å². The van der Waals surface area contributed by atoms with Gasteiger partial charge < -0.3 is 15.0 Å². The minimum absolute atomic E-state index is 0. The first-order valence-corrected chi connectivity index (χ1v) is 10.9. The highest BCUT2D eigenvalue weighted by molar-refractivity contribution is 6.02. The van der Waals surface area contributed by atoms with Gasteiger partial charge in [-0.2, -0.15) is 10.1 Å². The van der Waals surface area contributed by atoms with E-state index >= 15 is 0 Å². The van der Waals surface area contributed by atoms with E-state index in [0.717, 1.165) is 37.3 Å². The van der Waals surface area contributed by atoms with E-state index in [0.29, 0.717) is 48.2 Å². The zero-order valence-corrected chi connectivity index (χ0v) is 19.7. The lowest BCUT2D eigenvalue weighted by atomic mass is 10.1. The van der Waals surface area contributed by atoms with Gasteiger partial charge in [-0.25, -0.2) is 19.3 Å². The van der Waals surface area contributed by atoms with E-state index < -0.39 is 0 Å². The Morgan fingerprint density at radius 2 is 2.18 bits per heavy atom. The van der Waals surface area contributed by atoms with Crippen molar-refractivity contribution in [2.24, 2.45) is 0 Å². The largest absolute Gasteiger partial charge is 0.475 e. The van der Waals surface area contributed by atoms with Crippen LogP contribution in [0.15, 0.2) is 18.5 Å². The fraction of sp³-hybridized carbons (Fsp3) is 0.476. The first-order chi connectivity index (χ1) is 15.5. The Hall–Kier alpha value is -3.18. The number of nitrogens with zero attached hydrogens (tertiary/aromatic N) is 7. The molecule has 0 aromatic carbocycles. The molecule has 0 radical (unpaired) electrons. The van der Waals surface area contributed by atoms with Crippen LogP contribution < -0.4 is 25.2 Å². The summed E-state index contributed by atoms with van der Waals surface area (Å²) in [6.45, 7) is 9.67. The molecule has 3 aromatic heterocycles. The number of amides is 2. The van der Waals surface area contributed by atoms with Crippen molar-refractivity contribution >= 4 is 41.4 Å². The Labute approximate surface area is 198 Å². The molecule has 0 saturated carbocycles. The molecule has 0 unspecified atom stereocenters. The number of aromatic nitrogens is 5. The molecule has 1 fully saturated rings. The molecular formula is C21H28ClN9O2. The molecule has 11 nitrogen and oxygen atoms in total. The predicted molar refractivity (Wildman–Crippen MR) is 128 cm³/mol. The maximum Gasteiger partial charge on any atom is 0.328 e. The Morgan fingerprint density at radius 1 is 1.33 bits per heavy atom. The Balaban J connectivity index is 0.00000259. The predicted octanol–water partition coefficient (Wildman–Crippen LogP) is 2.04. The lowest BCUT2D eigenvalue weighted by Gasteiger charge is -2.34. The van der Waals surface area contributed by atoms with Crippen LogP contribution in [0.3, 0.4) is 0 Å². The minimum atomic E-state index is -0.284. The number of piperazine rings is 1. The number of hydrogen-bond donors (Lipinski definition) is 2. The normalized spacial score (nSPS) is 17.6. The number of carbonyl (C=O) groups excluding carboxylic acids is 1. The van der Waals surface area contributed by atoms with E-state index in [1.807, 2.05) is 6.92 Å². The lowest BCUT2D eigenvalue weighted by Crippen LogP contribution is -2.49. The fourth-order valence-electron chi connectivity index (χ4n) is 4.36. The number of hydrogen-bond acceptors (Lipinski definition) is 8. The van der Waals surface area contributed by atoms with Crippen LogP contribution in [-0.2, 0) is 6.42 Å². The highest BCUT2D eigenvalue weighted by Crippen LogP contribution is 2.34. The van der Waals surface area contributed by atoms with Crippen molar-refractivity contribution < 1.29 is 9.53 Å². The molecule has 2 N–H and O–H groups in total. The molecule has 12 heteroatoms. The molecule has 3 aromatic rings. The van der Waals surface area contributed by atoms with Crippen molar-refractivity contribution in [3.63, 3.8) is 0 Å². The molecule has 2 amide bonds. The van der Waals surface area contributed by atoms with Crippen LogP contribution in [-0.4, -0.2) is 69.4 Å². The number of fused-ring (bicyclic) bond motifs is 2. The lowest BCUT2D eigenvalue weighted by molar-refractivity contribution is 0.257. The molecule has 176 valence electrons.